The highest BCUT2D eigenvalue weighted by Crippen LogP contribution is 2.21. The van der Waals surface area contributed by atoms with E-state index in [1.54, 1.807) is 11.3 Å². The fraction of sp³-hybridized carbons (Fsp3) is 0.158. The van der Waals surface area contributed by atoms with Gasteiger partial charge in [0.2, 0.25) is 5.91 Å². The molecule has 1 amide bonds. The lowest BCUT2D eigenvalue weighted by molar-refractivity contribution is -0.121. The number of nitrogens with one attached hydrogen (secondary N) is 2. The predicted molar refractivity (Wildman–Crippen MR) is 98.1 cm³/mol. The van der Waals surface area contributed by atoms with Crippen LogP contribution in [-0.4, -0.2) is 15.9 Å². The Morgan fingerprint density at radius 2 is 1.96 bits per heavy atom. The summed E-state index contributed by atoms with van der Waals surface area (Å²) in [6.45, 7) is 0.492. The van der Waals surface area contributed by atoms with Crippen LogP contribution >= 0.6 is 11.3 Å². The van der Waals surface area contributed by atoms with Crippen molar-refractivity contribution >= 4 is 38.4 Å². The van der Waals surface area contributed by atoms with Gasteiger partial charge in [-0.15, -0.1) is 11.3 Å². The van der Waals surface area contributed by atoms with Crippen molar-refractivity contribution in [2.75, 3.05) is 0 Å². The number of aryl methyl sites for hydroxylation is 1. The number of benzene rings is 2. The molecule has 0 aliphatic carbocycles. The van der Waals surface area contributed by atoms with Crippen molar-refractivity contribution in [1.29, 1.82) is 0 Å². The van der Waals surface area contributed by atoms with Gasteiger partial charge in [0.25, 0.3) is 0 Å². The summed E-state index contributed by atoms with van der Waals surface area (Å²) in [6, 6.07) is 16.2. The number of rotatable bonds is 5. The van der Waals surface area contributed by atoms with Gasteiger partial charge in [0.15, 0.2) is 0 Å². The van der Waals surface area contributed by atoms with E-state index in [4.69, 9.17) is 0 Å². The SMILES string of the molecule is O=C(CCc1c[nH]c2ccccc12)NCc1nc2ccccc2s1. The molecule has 0 saturated heterocycles. The Balaban J connectivity index is 1.35. The predicted octanol–water partition coefficient (Wildman–Crippen LogP) is 4.03. The Hall–Kier alpha value is -2.66. The Morgan fingerprint density at radius 1 is 1.12 bits per heavy atom. The van der Waals surface area contributed by atoms with Crippen LogP contribution in [-0.2, 0) is 17.8 Å². The number of para-hydroxylation sites is 2. The molecule has 5 heteroatoms. The molecule has 0 bridgehead atoms. The number of amides is 1. The minimum absolute atomic E-state index is 0.0551. The maximum Gasteiger partial charge on any atom is 0.220 e. The number of carbonyl (C=O) groups is 1. The number of carbonyl (C=O) groups excluding carboxylic acids is 1. The van der Waals surface area contributed by atoms with Gasteiger partial charge in [-0.3, -0.25) is 4.79 Å². The second kappa shape index (κ2) is 6.45. The monoisotopic (exact) mass is 335 g/mol. The summed E-state index contributed by atoms with van der Waals surface area (Å²) in [5.74, 6) is 0.0551. The maximum atomic E-state index is 12.1. The maximum absolute atomic E-state index is 12.1. The normalized spacial score (nSPS) is 11.2. The van der Waals surface area contributed by atoms with Gasteiger partial charge in [-0.25, -0.2) is 4.98 Å². The van der Waals surface area contributed by atoms with Crippen molar-refractivity contribution < 1.29 is 4.79 Å². The average Bonchev–Trinajstić information content (AvgIpc) is 3.21. The average molecular weight is 335 g/mol. The first-order valence-corrected chi connectivity index (χ1v) is 8.77. The number of aromatic nitrogens is 2. The highest BCUT2D eigenvalue weighted by Gasteiger charge is 2.08. The summed E-state index contributed by atoms with van der Waals surface area (Å²) in [5.41, 5.74) is 3.29. The Bertz CT molecular complexity index is 969. The van der Waals surface area contributed by atoms with E-state index < -0.39 is 0 Å². The molecule has 0 fully saturated rings. The van der Waals surface area contributed by atoms with Crippen molar-refractivity contribution in [1.82, 2.24) is 15.3 Å². The number of H-pyrrole nitrogens is 1. The lowest BCUT2D eigenvalue weighted by atomic mass is 10.1. The molecule has 4 rings (SSSR count). The van der Waals surface area contributed by atoms with Gasteiger partial charge in [0.1, 0.15) is 5.01 Å². The van der Waals surface area contributed by atoms with Gasteiger partial charge in [-0.1, -0.05) is 30.3 Å². The molecule has 4 nitrogen and oxygen atoms in total. The number of nitrogens with zero attached hydrogens (tertiary/aromatic N) is 1. The zero-order valence-corrected chi connectivity index (χ0v) is 13.9. The van der Waals surface area contributed by atoms with Gasteiger partial charge in [0, 0.05) is 23.5 Å². The van der Waals surface area contributed by atoms with Crippen LogP contribution in [0.5, 0.6) is 0 Å². The number of fused-ring (bicyclic) bond motifs is 2. The molecule has 120 valence electrons. The van der Waals surface area contributed by atoms with Gasteiger partial charge in [-0.2, -0.15) is 0 Å². The van der Waals surface area contributed by atoms with Crippen LogP contribution in [0.3, 0.4) is 0 Å². The van der Waals surface area contributed by atoms with E-state index in [0.717, 1.165) is 27.2 Å². The lowest BCUT2D eigenvalue weighted by Crippen LogP contribution is -2.22. The Labute approximate surface area is 143 Å². The third-order valence-corrected chi connectivity index (χ3v) is 5.11. The molecule has 0 spiro atoms. The van der Waals surface area contributed by atoms with Crippen molar-refractivity contribution in [3.8, 4) is 0 Å². The van der Waals surface area contributed by atoms with Crippen molar-refractivity contribution in [3.63, 3.8) is 0 Å². The molecule has 0 unspecified atom stereocenters. The lowest BCUT2D eigenvalue weighted by Gasteiger charge is -2.02. The largest absolute Gasteiger partial charge is 0.361 e. The number of aromatic amines is 1. The van der Waals surface area contributed by atoms with E-state index in [2.05, 4.69) is 27.4 Å². The fourth-order valence-electron chi connectivity index (χ4n) is 2.84. The fourth-order valence-corrected chi connectivity index (χ4v) is 3.75. The van der Waals surface area contributed by atoms with Gasteiger partial charge in [-0.05, 0) is 30.2 Å². The summed E-state index contributed by atoms with van der Waals surface area (Å²) in [5, 5.41) is 5.10. The van der Waals surface area contributed by atoms with Crippen LogP contribution in [0.25, 0.3) is 21.1 Å². The molecule has 0 radical (unpaired) electrons. The van der Waals surface area contributed by atoms with Crippen molar-refractivity contribution in [2.45, 2.75) is 19.4 Å². The van der Waals surface area contributed by atoms with E-state index in [0.29, 0.717) is 13.0 Å². The molecule has 2 aromatic carbocycles. The molecule has 0 saturated carbocycles. The van der Waals surface area contributed by atoms with Crippen LogP contribution < -0.4 is 5.32 Å². The number of thiazole rings is 1. The standard InChI is InChI=1S/C19H17N3OS/c23-18(10-9-13-11-20-15-6-2-1-5-14(13)15)21-12-19-22-16-7-3-4-8-17(16)24-19/h1-8,11,20H,9-10,12H2,(H,21,23). The highest BCUT2D eigenvalue weighted by atomic mass is 32.1. The third kappa shape index (κ3) is 3.03. The van der Waals surface area contributed by atoms with Crippen LogP contribution in [0, 0.1) is 0 Å². The van der Waals surface area contributed by atoms with E-state index in [9.17, 15) is 4.79 Å². The van der Waals surface area contributed by atoms with E-state index in [1.807, 2.05) is 42.6 Å². The Kier molecular flexibility index (Phi) is 4.01. The summed E-state index contributed by atoms with van der Waals surface area (Å²) < 4.78 is 1.15. The second-order valence-electron chi connectivity index (χ2n) is 5.71. The molecular weight excluding hydrogens is 318 g/mol. The molecular formula is C19H17N3OS. The van der Waals surface area contributed by atoms with E-state index in [-0.39, 0.29) is 5.91 Å². The van der Waals surface area contributed by atoms with Gasteiger partial charge < -0.3 is 10.3 Å². The molecule has 0 atom stereocenters. The third-order valence-electron chi connectivity index (χ3n) is 4.07. The molecule has 2 N–H and O–H groups in total. The van der Waals surface area contributed by atoms with Crippen molar-refractivity contribution in [2.24, 2.45) is 0 Å². The molecule has 4 aromatic rings. The molecule has 24 heavy (non-hydrogen) atoms. The minimum Gasteiger partial charge on any atom is -0.361 e. The van der Waals surface area contributed by atoms with Crippen molar-refractivity contribution in [3.05, 3.63) is 65.3 Å². The van der Waals surface area contributed by atoms with Crippen LogP contribution in [0.4, 0.5) is 0 Å². The zero-order valence-electron chi connectivity index (χ0n) is 13.1. The second-order valence-corrected chi connectivity index (χ2v) is 6.83. The molecule has 0 aliphatic rings. The minimum atomic E-state index is 0.0551. The summed E-state index contributed by atoms with van der Waals surface area (Å²) in [4.78, 5) is 19.9. The van der Waals surface area contributed by atoms with E-state index in [1.165, 1.54) is 10.9 Å². The van der Waals surface area contributed by atoms with Gasteiger partial charge >= 0.3 is 0 Å². The quantitative estimate of drug-likeness (QED) is 0.578. The molecule has 2 aromatic heterocycles. The smallest absolute Gasteiger partial charge is 0.220 e. The van der Waals surface area contributed by atoms with Crippen LogP contribution in [0.1, 0.15) is 17.0 Å². The first-order valence-electron chi connectivity index (χ1n) is 7.96. The number of hydrogen-bond donors (Lipinski definition) is 2. The highest BCUT2D eigenvalue weighted by molar-refractivity contribution is 7.18. The first-order chi connectivity index (χ1) is 11.8. The number of hydrogen-bond acceptors (Lipinski definition) is 3. The first kappa shape index (κ1) is 14.9. The topological polar surface area (TPSA) is 57.8 Å². The summed E-state index contributed by atoms with van der Waals surface area (Å²) in [6.07, 6.45) is 3.20. The molecule has 2 heterocycles. The van der Waals surface area contributed by atoms with Gasteiger partial charge in [0.05, 0.1) is 16.8 Å². The zero-order chi connectivity index (χ0) is 16.4. The molecule has 0 aliphatic heterocycles. The summed E-state index contributed by atoms with van der Waals surface area (Å²) in [7, 11) is 0. The van der Waals surface area contributed by atoms with Crippen LogP contribution in [0.15, 0.2) is 54.7 Å². The van der Waals surface area contributed by atoms with Crippen LogP contribution in [0.2, 0.25) is 0 Å². The Morgan fingerprint density at radius 3 is 2.88 bits per heavy atom. The summed E-state index contributed by atoms with van der Waals surface area (Å²) >= 11 is 1.63. The van der Waals surface area contributed by atoms with E-state index >= 15 is 0 Å².